The second-order valence-electron chi connectivity index (χ2n) is 9.00. The van der Waals surface area contributed by atoms with Gasteiger partial charge in [0.25, 0.3) is 0 Å². The van der Waals surface area contributed by atoms with Crippen LogP contribution in [-0.2, 0) is 21.7 Å². The molecule has 0 nitrogen and oxygen atoms in total. The molecule has 0 aromatic heterocycles. The molecule has 0 unspecified atom stereocenters. The summed E-state index contributed by atoms with van der Waals surface area (Å²) in [7, 11) is 0. The van der Waals surface area contributed by atoms with E-state index in [9.17, 15) is 0 Å². The Morgan fingerprint density at radius 1 is 0.700 bits per heavy atom. The van der Waals surface area contributed by atoms with Gasteiger partial charge < -0.3 is 37.2 Å². The van der Waals surface area contributed by atoms with Crippen molar-refractivity contribution in [2.45, 2.75) is 60.8 Å². The molecular weight excluding hydrogens is 467 g/mol. The fraction of sp³-hybridized carbons (Fsp3) is 0.385. The molecule has 2 aromatic carbocycles. The quantitative estimate of drug-likeness (QED) is 0.346. The molecule has 0 heterocycles. The zero-order valence-electron chi connectivity index (χ0n) is 19.0. The molecule has 4 heteroatoms. The first-order valence-corrected chi connectivity index (χ1v) is 9.63. The monoisotopic (exact) mass is 496 g/mol. The first-order chi connectivity index (χ1) is 12.1. The predicted octanol–water partition coefficient (Wildman–Crippen LogP) is -1.83. The van der Waals surface area contributed by atoms with Gasteiger partial charge in [0.2, 0.25) is 0 Å². The number of benzene rings is 2. The van der Waals surface area contributed by atoms with Gasteiger partial charge >= 0.3 is 21.7 Å². The van der Waals surface area contributed by atoms with E-state index in [4.69, 9.17) is 0 Å². The van der Waals surface area contributed by atoms with Crippen molar-refractivity contribution in [2.24, 2.45) is 5.41 Å². The Labute approximate surface area is 217 Å². The number of allylic oxidation sites excluding steroid dienone is 4. The number of aryl methyl sites for hydroxylation is 4. The van der Waals surface area contributed by atoms with Crippen LogP contribution in [0.15, 0.2) is 53.6 Å². The molecule has 0 saturated heterocycles. The van der Waals surface area contributed by atoms with E-state index in [1.807, 2.05) is 0 Å². The summed E-state index contributed by atoms with van der Waals surface area (Å²) >= 11 is 0. The minimum Gasteiger partial charge on any atom is -1.00 e. The summed E-state index contributed by atoms with van der Waals surface area (Å²) in [5, 5.41) is 0. The second kappa shape index (κ2) is 12.5. The first-order valence-electron chi connectivity index (χ1n) is 9.63. The van der Waals surface area contributed by atoms with Gasteiger partial charge in [0.15, 0.2) is 0 Å². The standard InChI is InChI=1S/C26H31.3ClH.Ti/c1-17-10-18(2)13-22(12-17)25(23-14-19(3)11-20(4)15-23)21-8-9-24(16-21)26(5,6)7;;;;/h9-15,25H,8H2,1-7H3;3*1H;/q-1;;;;+4/p-3. The van der Waals surface area contributed by atoms with Crippen LogP contribution in [-0.4, -0.2) is 0 Å². The first kappa shape index (κ1) is 31.7. The Bertz CT molecular complexity index is 813. The number of rotatable bonds is 3. The summed E-state index contributed by atoms with van der Waals surface area (Å²) in [6.07, 6.45) is 7.15. The maximum Gasteiger partial charge on any atom is 4.00 e. The average Bonchev–Trinajstić information content (AvgIpc) is 2.95. The van der Waals surface area contributed by atoms with Gasteiger partial charge in [0.05, 0.1) is 0 Å². The predicted molar refractivity (Wildman–Crippen MR) is 113 cm³/mol. The van der Waals surface area contributed by atoms with Crippen LogP contribution in [0.4, 0.5) is 0 Å². The molecule has 0 N–H and O–H groups in total. The van der Waals surface area contributed by atoms with E-state index in [1.54, 1.807) is 0 Å². The zero-order chi connectivity index (χ0) is 19.1. The number of hydrogen-bond acceptors (Lipinski definition) is 0. The van der Waals surface area contributed by atoms with Gasteiger partial charge in [-0.05, 0) is 44.2 Å². The van der Waals surface area contributed by atoms with Crippen LogP contribution < -0.4 is 37.2 Å². The summed E-state index contributed by atoms with van der Waals surface area (Å²) in [6, 6.07) is 13.9. The molecule has 0 radical (unpaired) electrons. The van der Waals surface area contributed by atoms with E-state index in [-0.39, 0.29) is 70.3 Å². The van der Waals surface area contributed by atoms with Gasteiger partial charge in [-0.25, -0.2) is 17.7 Å². The van der Waals surface area contributed by atoms with Gasteiger partial charge in [0, 0.05) is 5.92 Å². The van der Waals surface area contributed by atoms with Crippen LogP contribution in [0.5, 0.6) is 0 Å². The van der Waals surface area contributed by atoms with Crippen molar-refractivity contribution < 1.29 is 58.9 Å². The number of hydrogen-bond donors (Lipinski definition) is 0. The molecule has 0 saturated carbocycles. The van der Waals surface area contributed by atoms with Crippen LogP contribution in [0.3, 0.4) is 0 Å². The van der Waals surface area contributed by atoms with Gasteiger partial charge in [-0.2, -0.15) is 5.57 Å². The summed E-state index contributed by atoms with van der Waals surface area (Å²) in [6.45, 7) is 15.6. The molecule has 160 valence electrons. The molecule has 1 aliphatic rings. The Balaban J connectivity index is 0. The average molecular weight is 498 g/mol. The molecule has 2 aromatic rings. The van der Waals surface area contributed by atoms with E-state index in [1.165, 1.54) is 44.5 Å². The normalized spacial score (nSPS) is 12.7. The summed E-state index contributed by atoms with van der Waals surface area (Å²) < 4.78 is 0. The van der Waals surface area contributed by atoms with Crippen molar-refractivity contribution in [1.29, 1.82) is 0 Å². The third-order valence-corrected chi connectivity index (χ3v) is 5.13. The Kier molecular flexibility index (Phi) is 13.2. The molecule has 30 heavy (non-hydrogen) atoms. The maximum absolute atomic E-state index is 3.78. The molecule has 0 atom stereocenters. The van der Waals surface area contributed by atoms with Crippen molar-refractivity contribution in [3.05, 3.63) is 93.1 Å². The summed E-state index contributed by atoms with van der Waals surface area (Å²) in [4.78, 5) is 0. The molecular formula is C26H31Cl3Ti. The minimum absolute atomic E-state index is 0. The van der Waals surface area contributed by atoms with Gasteiger partial charge in [0.1, 0.15) is 0 Å². The molecule has 1 aliphatic carbocycles. The van der Waals surface area contributed by atoms with E-state index < -0.39 is 0 Å². The summed E-state index contributed by atoms with van der Waals surface area (Å²) in [5.41, 5.74) is 11.0. The van der Waals surface area contributed by atoms with E-state index >= 15 is 0 Å². The minimum atomic E-state index is 0. The molecule has 0 fully saturated rings. The number of halogens is 3. The van der Waals surface area contributed by atoms with Gasteiger partial charge in [-0.3, -0.25) is 0 Å². The van der Waals surface area contributed by atoms with Crippen molar-refractivity contribution in [3.8, 4) is 0 Å². The zero-order valence-corrected chi connectivity index (χ0v) is 22.8. The maximum atomic E-state index is 3.78. The van der Waals surface area contributed by atoms with Crippen LogP contribution in [0, 0.1) is 39.2 Å². The van der Waals surface area contributed by atoms with Crippen LogP contribution in [0.1, 0.15) is 66.5 Å². The van der Waals surface area contributed by atoms with E-state index in [0.29, 0.717) is 0 Å². The van der Waals surface area contributed by atoms with Crippen molar-refractivity contribution in [3.63, 3.8) is 0 Å². The SMILES string of the molecule is Cc1cc(C)cc(C(C2=[C-]C(C(C)(C)C)=CC2)c2cc(C)cc(C)c2)c1.[Cl-].[Cl-].[Cl-].[Ti+4]. The molecule has 0 bridgehead atoms. The van der Waals surface area contributed by atoms with Crippen LogP contribution in [0.2, 0.25) is 0 Å². The van der Waals surface area contributed by atoms with Crippen molar-refractivity contribution in [2.75, 3.05) is 0 Å². The third kappa shape index (κ3) is 7.57. The summed E-state index contributed by atoms with van der Waals surface area (Å²) in [5.74, 6) is 0.281. The molecule has 0 spiro atoms. The smallest absolute Gasteiger partial charge is 1.00 e. The fourth-order valence-corrected chi connectivity index (χ4v) is 4.12. The van der Waals surface area contributed by atoms with Gasteiger partial charge in [-0.15, -0.1) is 0 Å². The van der Waals surface area contributed by atoms with Crippen molar-refractivity contribution >= 4 is 0 Å². The van der Waals surface area contributed by atoms with Gasteiger partial charge in [-0.1, -0.05) is 85.8 Å². The van der Waals surface area contributed by atoms with E-state index in [0.717, 1.165) is 6.42 Å². The van der Waals surface area contributed by atoms with Crippen LogP contribution in [0.25, 0.3) is 0 Å². The Morgan fingerprint density at radius 2 is 1.07 bits per heavy atom. The topological polar surface area (TPSA) is 0 Å². The molecule has 0 aliphatic heterocycles. The largest absolute Gasteiger partial charge is 4.00 e. The molecule has 3 rings (SSSR count). The third-order valence-electron chi connectivity index (χ3n) is 5.13. The fourth-order valence-electron chi connectivity index (χ4n) is 4.12. The second-order valence-corrected chi connectivity index (χ2v) is 9.00. The molecule has 0 amide bonds. The Morgan fingerprint density at radius 3 is 1.37 bits per heavy atom. The van der Waals surface area contributed by atoms with Crippen LogP contribution >= 0.6 is 0 Å². The van der Waals surface area contributed by atoms with E-state index in [2.05, 4.69) is 97.0 Å². The van der Waals surface area contributed by atoms with Crippen molar-refractivity contribution in [1.82, 2.24) is 0 Å². The Hall–Kier alpha value is -0.496.